The molecule has 0 aromatic heterocycles. The predicted molar refractivity (Wildman–Crippen MR) is 141 cm³/mol. The molecule has 6 nitrogen and oxygen atoms in total. The summed E-state index contributed by atoms with van der Waals surface area (Å²) >= 11 is 6.22. The standard InChI is InChI=1S/C29H27ClN2O4/c1-17-7-6-8-21(15-17)32-26(33)24(30)25(27(32)34)31-20-12-10-19(11-13-20)28(35)36-23-14-9-18(2)16-22(23)29(3,4)5/h6-16,31H,1-5H3. The number of hydrogen-bond acceptors (Lipinski definition) is 5. The van der Waals surface area contributed by atoms with Crippen LogP contribution >= 0.6 is 11.6 Å². The largest absolute Gasteiger partial charge is 0.423 e. The molecule has 36 heavy (non-hydrogen) atoms. The van der Waals surface area contributed by atoms with E-state index in [0.717, 1.165) is 21.6 Å². The molecular weight excluding hydrogens is 476 g/mol. The molecule has 0 aliphatic carbocycles. The Morgan fingerprint density at radius 1 is 0.889 bits per heavy atom. The Morgan fingerprint density at radius 3 is 2.19 bits per heavy atom. The second kappa shape index (κ2) is 9.63. The van der Waals surface area contributed by atoms with Gasteiger partial charge in [0.2, 0.25) is 0 Å². The number of hydrogen-bond donors (Lipinski definition) is 1. The summed E-state index contributed by atoms with van der Waals surface area (Å²) in [6.07, 6.45) is 0. The molecule has 0 fully saturated rings. The maximum atomic E-state index is 13.0. The molecule has 2 amide bonds. The first kappa shape index (κ1) is 25.2. The lowest BCUT2D eigenvalue weighted by molar-refractivity contribution is -0.120. The van der Waals surface area contributed by atoms with Crippen molar-refractivity contribution in [2.45, 2.75) is 40.0 Å². The van der Waals surface area contributed by atoms with E-state index in [1.807, 2.05) is 32.0 Å². The summed E-state index contributed by atoms with van der Waals surface area (Å²) in [4.78, 5) is 39.5. The van der Waals surface area contributed by atoms with Crippen molar-refractivity contribution in [3.63, 3.8) is 0 Å². The van der Waals surface area contributed by atoms with Crippen molar-refractivity contribution in [1.29, 1.82) is 0 Å². The van der Waals surface area contributed by atoms with Crippen molar-refractivity contribution >= 4 is 40.8 Å². The molecule has 0 radical (unpaired) electrons. The number of ether oxygens (including phenoxy) is 1. The van der Waals surface area contributed by atoms with E-state index >= 15 is 0 Å². The molecule has 1 aliphatic heterocycles. The Hall–Kier alpha value is -3.90. The molecule has 7 heteroatoms. The Morgan fingerprint density at radius 2 is 1.56 bits per heavy atom. The first-order chi connectivity index (χ1) is 17.0. The van der Waals surface area contributed by atoms with Gasteiger partial charge in [-0.15, -0.1) is 0 Å². The number of imide groups is 1. The van der Waals surface area contributed by atoms with E-state index in [2.05, 4.69) is 26.1 Å². The number of benzene rings is 3. The third kappa shape index (κ3) is 5.04. The highest BCUT2D eigenvalue weighted by Gasteiger charge is 2.39. The molecule has 0 saturated carbocycles. The molecule has 0 unspecified atom stereocenters. The third-order valence-electron chi connectivity index (χ3n) is 5.82. The van der Waals surface area contributed by atoms with Gasteiger partial charge in [-0.1, -0.05) is 62.2 Å². The SMILES string of the molecule is Cc1cccc(N2C(=O)C(Cl)=C(Nc3ccc(C(=O)Oc4ccc(C)cc4C(C)(C)C)cc3)C2=O)c1. The zero-order valence-electron chi connectivity index (χ0n) is 20.8. The lowest BCUT2D eigenvalue weighted by Crippen LogP contribution is -2.32. The van der Waals surface area contributed by atoms with Gasteiger partial charge in [0.1, 0.15) is 16.5 Å². The fourth-order valence-corrected chi connectivity index (χ4v) is 4.14. The van der Waals surface area contributed by atoms with Gasteiger partial charge in [0, 0.05) is 11.3 Å². The molecule has 3 aromatic carbocycles. The van der Waals surface area contributed by atoms with Gasteiger partial charge < -0.3 is 10.1 Å². The summed E-state index contributed by atoms with van der Waals surface area (Å²) in [5.74, 6) is -1.12. The number of carbonyl (C=O) groups excluding carboxylic acids is 3. The second-order valence-corrected chi connectivity index (χ2v) is 10.2. The lowest BCUT2D eigenvalue weighted by atomic mass is 9.85. The molecule has 0 atom stereocenters. The number of rotatable bonds is 5. The van der Waals surface area contributed by atoms with Crippen LogP contribution in [0.2, 0.25) is 0 Å². The van der Waals surface area contributed by atoms with Crippen LogP contribution in [0.3, 0.4) is 0 Å². The van der Waals surface area contributed by atoms with Gasteiger partial charge in [0.05, 0.1) is 11.3 Å². The van der Waals surface area contributed by atoms with Crippen molar-refractivity contribution in [3.05, 3.63) is 99.7 Å². The Bertz CT molecular complexity index is 1400. The minimum absolute atomic E-state index is 0.0204. The normalized spacial score (nSPS) is 13.9. The Labute approximate surface area is 215 Å². The van der Waals surface area contributed by atoms with Crippen LogP contribution in [0.5, 0.6) is 5.75 Å². The summed E-state index contributed by atoms with van der Waals surface area (Å²) in [5.41, 5.74) is 4.02. The van der Waals surface area contributed by atoms with Gasteiger partial charge in [-0.25, -0.2) is 9.69 Å². The van der Waals surface area contributed by atoms with E-state index < -0.39 is 17.8 Å². The number of nitrogens with zero attached hydrogens (tertiary/aromatic N) is 1. The highest BCUT2D eigenvalue weighted by molar-refractivity contribution is 6.53. The van der Waals surface area contributed by atoms with Crippen molar-refractivity contribution in [2.75, 3.05) is 10.2 Å². The highest BCUT2D eigenvalue weighted by Crippen LogP contribution is 2.33. The number of esters is 1. The van der Waals surface area contributed by atoms with Crippen LogP contribution in [0.15, 0.2) is 77.5 Å². The quantitative estimate of drug-likeness (QED) is 0.253. The molecule has 0 bridgehead atoms. The lowest BCUT2D eigenvalue weighted by Gasteiger charge is -2.22. The molecule has 3 aromatic rings. The van der Waals surface area contributed by atoms with Gasteiger partial charge in [0.15, 0.2) is 0 Å². The van der Waals surface area contributed by atoms with Gasteiger partial charge in [-0.3, -0.25) is 9.59 Å². The minimum Gasteiger partial charge on any atom is -0.423 e. The van der Waals surface area contributed by atoms with Crippen LogP contribution in [0.1, 0.15) is 47.8 Å². The number of aryl methyl sites for hydroxylation is 2. The van der Waals surface area contributed by atoms with Gasteiger partial charge >= 0.3 is 5.97 Å². The van der Waals surface area contributed by atoms with Gasteiger partial charge in [-0.05, 0) is 67.3 Å². The Balaban J connectivity index is 1.50. The topological polar surface area (TPSA) is 75.7 Å². The molecular formula is C29H27ClN2O4. The van der Waals surface area contributed by atoms with Crippen LogP contribution in [0.4, 0.5) is 11.4 Å². The molecule has 1 N–H and O–H groups in total. The fraction of sp³-hybridized carbons (Fsp3) is 0.207. The van der Waals surface area contributed by atoms with Crippen molar-refractivity contribution in [2.24, 2.45) is 0 Å². The zero-order valence-corrected chi connectivity index (χ0v) is 21.6. The first-order valence-electron chi connectivity index (χ1n) is 11.5. The molecule has 1 aliphatic rings. The van der Waals surface area contributed by atoms with E-state index in [4.69, 9.17) is 16.3 Å². The van der Waals surface area contributed by atoms with Crippen molar-refractivity contribution < 1.29 is 19.1 Å². The maximum Gasteiger partial charge on any atom is 0.343 e. The van der Waals surface area contributed by atoms with E-state index in [9.17, 15) is 14.4 Å². The summed E-state index contributed by atoms with van der Waals surface area (Å²) < 4.78 is 5.71. The van der Waals surface area contributed by atoms with Crippen LogP contribution in [-0.2, 0) is 15.0 Å². The van der Waals surface area contributed by atoms with E-state index in [1.165, 1.54) is 0 Å². The summed E-state index contributed by atoms with van der Waals surface area (Å²) in [6.45, 7) is 10.1. The Kier molecular flexibility index (Phi) is 6.74. The molecule has 0 saturated heterocycles. The average Bonchev–Trinajstić information content (AvgIpc) is 3.03. The van der Waals surface area contributed by atoms with E-state index in [0.29, 0.717) is 22.7 Å². The minimum atomic E-state index is -0.595. The zero-order chi connectivity index (χ0) is 26.2. The van der Waals surface area contributed by atoms with Crippen LogP contribution in [0, 0.1) is 13.8 Å². The van der Waals surface area contributed by atoms with Crippen LogP contribution < -0.4 is 15.0 Å². The molecule has 1 heterocycles. The summed E-state index contributed by atoms with van der Waals surface area (Å²) in [7, 11) is 0. The first-order valence-corrected chi connectivity index (χ1v) is 11.9. The number of carbonyl (C=O) groups is 3. The monoisotopic (exact) mass is 502 g/mol. The highest BCUT2D eigenvalue weighted by atomic mass is 35.5. The van der Waals surface area contributed by atoms with Crippen LogP contribution in [-0.4, -0.2) is 17.8 Å². The van der Waals surface area contributed by atoms with Crippen molar-refractivity contribution in [3.8, 4) is 5.75 Å². The number of amides is 2. The molecule has 0 spiro atoms. The number of halogens is 1. The van der Waals surface area contributed by atoms with Crippen LogP contribution in [0.25, 0.3) is 0 Å². The van der Waals surface area contributed by atoms with Gasteiger partial charge in [-0.2, -0.15) is 0 Å². The summed E-state index contributed by atoms with van der Waals surface area (Å²) in [5, 5.41) is 2.72. The smallest absolute Gasteiger partial charge is 0.343 e. The van der Waals surface area contributed by atoms with Crippen molar-refractivity contribution in [1.82, 2.24) is 0 Å². The third-order valence-corrected chi connectivity index (χ3v) is 6.17. The average molecular weight is 503 g/mol. The maximum absolute atomic E-state index is 13.0. The molecule has 4 rings (SSSR count). The summed E-state index contributed by atoms with van der Waals surface area (Å²) in [6, 6.07) is 19.2. The number of anilines is 2. The number of nitrogens with one attached hydrogen (secondary N) is 1. The molecule has 184 valence electrons. The predicted octanol–water partition coefficient (Wildman–Crippen LogP) is 6.26. The van der Waals surface area contributed by atoms with E-state index in [-0.39, 0.29) is 16.1 Å². The van der Waals surface area contributed by atoms with E-state index in [1.54, 1.807) is 48.5 Å². The fourth-order valence-electron chi connectivity index (χ4n) is 3.92. The van der Waals surface area contributed by atoms with Gasteiger partial charge in [0.25, 0.3) is 11.8 Å². The second-order valence-electron chi connectivity index (χ2n) is 9.82.